The average molecular weight is 385 g/mol. The normalized spacial score (nSPS) is 18.3. The molecule has 4 nitrogen and oxygen atoms in total. The van der Waals surface area contributed by atoms with Crippen LogP contribution in [0.3, 0.4) is 0 Å². The van der Waals surface area contributed by atoms with Crippen LogP contribution in [0.25, 0.3) is 0 Å². The molecule has 1 fully saturated rings. The second-order valence-corrected chi connectivity index (χ2v) is 7.50. The quantitative estimate of drug-likeness (QED) is 0.641. The maximum Gasteiger partial charge on any atom is 0.282 e. The van der Waals surface area contributed by atoms with Crippen LogP contribution in [0.2, 0.25) is 0 Å². The van der Waals surface area contributed by atoms with Gasteiger partial charge in [0.05, 0.1) is 12.2 Å². The van der Waals surface area contributed by atoms with Crippen molar-refractivity contribution in [2.45, 2.75) is 25.4 Å². The number of anilines is 1. The zero-order valence-electron chi connectivity index (χ0n) is 16.3. The lowest BCUT2D eigenvalue weighted by atomic mass is 10.0. The van der Waals surface area contributed by atoms with Crippen LogP contribution >= 0.6 is 0 Å². The second kappa shape index (κ2) is 8.84. The van der Waals surface area contributed by atoms with E-state index in [1.807, 2.05) is 48.5 Å². The average Bonchev–Trinajstić information content (AvgIpc) is 3.23. The molecule has 2 N–H and O–H groups in total. The van der Waals surface area contributed by atoms with Gasteiger partial charge in [-0.1, -0.05) is 72.8 Å². The highest BCUT2D eigenvalue weighted by Crippen LogP contribution is 2.20. The Kier molecular flexibility index (Phi) is 5.82. The summed E-state index contributed by atoms with van der Waals surface area (Å²) in [5.41, 5.74) is 2.96. The number of ketones is 1. The number of hydrogen-bond donors (Lipinski definition) is 2. The van der Waals surface area contributed by atoms with Crippen molar-refractivity contribution in [3.05, 3.63) is 102 Å². The van der Waals surface area contributed by atoms with Crippen LogP contribution < -0.4 is 10.2 Å². The van der Waals surface area contributed by atoms with Gasteiger partial charge in [-0.3, -0.25) is 9.59 Å². The topological polar surface area (TPSA) is 50.6 Å². The summed E-state index contributed by atoms with van der Waals surface area (Å²) in [7, 11) is 0. The Balaban J connectivity index is 1.50. The number of para-hydroxylation sites is 1. The van der Waals surface area contributed by atoms with Gasteiger partial charge in [-0.05, 0) is 12.1 Å². The highest BCUT2D eigenvalue weighted by Gasteiger charge is 2.35. The molecule has 29 heavy (non-hydrogen) atoms. The Bertz CT molecular complexity index is 986. The number of likely N-dealkylation sites (tertiary alicyclic amines) is 1. The van der Waals surface area contributed by atoms with E-state index >= 15 is 0 Å². The fourth-order valence-electron chi connectivity index (χ4n) is 4.05. The van der Waals surface area contributed by atoms with Crippen molar-refractivity contribution in [3.8, 4) is 0 Å². The van der Waals surface area contributed by atoms with Crippen LogP contribution in [-0.4, -0.2) is 24.3 Å². The van der Waals surface area contributed by atoms with Gasteiger partial charge in [0, 0.05) is 29.5 Å². The maximum atomic E-state index is 13.1. The van der Waals surface area contributed by atoms with Gasteiger partial charge >= 0.3 is 0 Å². The molecule has 1 aliphatic heterocycles. The first-order chi connectivity index (χ1) is 14.2. The number of quaternary nitrogens is 1. The van der Waals surface area contributed by atoms with Crippen molar-refractivity contribution in [2.75, 3.05) is 11.9 Å². The molecule has 0 spiro atoms. The molecule has 1 aliphatic rings. The van der Waals surface area contributed by atoms with Gasteiger partial charge in [0.1, 0.15) is 6.54 Å². The van der Waals surface area contributed by atoms with Crippen LogP contribution in [0.4, 0.5) is 5.69 Å². The third-order valence-corrected chi connectivity index (χ3v) is 5.54. The highest BCUT2D eigenvalue weighted by atomic mass is 16.2. The maximum absolute atomic E-state index is 13.1. The molecule has 4 rings (SSSR count). The van der Waals surface area contributed by atoms with Crippen molar-refractivity contribution >= 4 is 17.4 Å². The number of amides is 1. The fourth-order valence-corrected chi connectivity index (χ4v) is 4.05. The summed E-state index contributed by atoms with van der Waals surface area (Å²) in [5, 5.41) is 3.04. The molecule has 4 heteroatoms. The van der Waals surface area contributed by atoms with E-state index in [4.69, 9.17) is 0 Å². The summed E-state index contributed by atoms with van der Waals surface area (Å²) in [5.74, 6) is -0.0943. The van der Waals surface area contributed by atoms with E-state index in [0.29, 0.717) is 16.8 Å². The predicted molar refractivity (Wildman–Crippen MR) is 114 cm³/mol. The summed E-state index contributed by atoms with van der Waals surface area (Å²) >= 11 is 0. The van der Waals surface area contributed by atoms with Crippen LogP contribution in [0.5, 0.6) is 0 Å². The summed E-state index contributed by atoms with van der Waals surface area (Å²) in [6.07, 6.45) is 1.90. The van der Waals surface area contributed by atoms with E-state index in [1.165, 1.54) is 10.5 Å². The Morgan fingerprint density at radius 3 is 2.28 bits per heavy atom. The third kappa shape index (κ3) is 4.44. The van der Waals surface area contributed by atoms with Crippen LogP contribution in [0, 0.1) is 0 Å². The van der Waals surface area contributed by atoms with Crippen molar-refractivity contribution in [3.63, 3.8) is 0 Å². The Morgan fingerprint density at radius 2 is 1.52 bits per heavy atom. The number of carbonyl (C=O) groups is 2. The van der Waals surface area contributed by atoms with Gasteiger partial charge in [-0.2, -0.15) is 0 Å². The van der Waals surface area contributed by atoms with E-state index in [9.17, 15) is 9.59 Å². The lowest BCUT2D eigenvalue weighted by Gasteiger charge is -2.21. The van der Waals surface area contributed by atoms with E-state index in [-0.39, 0.29) is 17.7 Å². The summed E-state index contributed by atoms with van der Waals surface area (Å²) in [6.45, 7) is 1.82. The molecule has 0 aliphatic carbocycles. The summed E-state index contributed by atoms with van der Waals surface area (Å²) in [4.78, 5) is 27.3. The van der Waals surface area contributed by atoms with Gasteiger partial charge in [-0.15, -0.1) is 0 Å². The largest absolute Gasteiger partial charge is 0.321 e. The van der Waals surface area contributed by atoms with Crippen molar-refractivity contribution in [2.24, 2.45) is 0 Å². The van der Waals surface area contributed by atoms with Crippen molar-refractivity contribution in [1.82, 2.24) is 0 Å². The number of carbonyl (C=O) groups excluding carboxylic acids is 2. The number of nitrogens with one attached hydrogen (secondary N) is 2. The lowest BCUT2D eigenvalue weighted by molar-refractivity contribution is -0.916. The predicted octanol–water partition coefficient (Wildman–Crippen LogP) is 3.10. The molecule has 0 aromatic heterocycles. The van der Waals surface area contributed by atoms with Crippen LogP contribution in [0.1, 0.15) is 34.3 Å². The molecule has 3 aromatic rings. The zero-order valence-corrected chi connectivity index (χ0v) is 16.3. The molecule has 146 valence electrons. The highest BCUT2D eigenvalue weighted by molar-refractivity contribution is 6.14. The lowest BCUT2D eigenvalue weighted by Crippen LogP contribution is -3.13. The molecule has 0 radical (unpaired) electrons. The van der Waals surface area contributed by atoms with E-state index in [2.05, 4.69) is 17.4 Å². The van der Waals surface area contributed by atoms with E-state index < -0.39 is 0 Å². The summed E-state index contributed by atoms with van der Waals surface area (Å²) < 4.78 is 0. The molecule has 3 aromatic carbocycles. The summed E-state index contributed by atoms with van der Waals surface area (Å²) in [6, 6.07) is 26.6. The number of benzene rings is 3. The van der Waals surface area contributed by atoms with Crippen LogP contribution in [0.15, 0.2) is 84.9 Å². The standard InChI is InChI=1S/C25H24N2O2/c28-24(20-12-5-2-6-13-20)21-14-7-8-15-22(21)26-25(29)23-16-9-17-27(23)18-19-10-3-1-4-11-19/h1-8,10-15,23H,9,16-18H2,(H,26,29)/p+1/t23-/m1/s1. The van der Waals surface area contributed by atoms with Gasteiger partial charge < -0.3 is 10.2 Å². The van der Waals surface area contributed by atoms with E-state index in [0.717, 1.165) is 25.9 Å². The zero-order chi connectivity index (χ0) is 20.1. The Morgan fingerprint density at radius 1 is 0.862 bits per heavy atom. The third-order valence-electron chi connectivity index (χ3n) is 5.54. The smallest absolute Gasteiger partial charge is 0.282 e. The van der Waals surface area contributed by atoms with E-state index in [1.54, 1.807) is 24.3 Å². The molecule has 1 unspecified atom stereocenters. The number of hydrogen-bond acceptors (Lipinski definition) is 2. The first-order valence-corrected chi connectivity index (χ1v) is 10.1. The Hall–Kier alpha value is -3.24. The molecular weight excluding hydrogens is 360 g/mol. The molecule has 0 saturated carbocycles. The van der Waals surface area contributed by atoms with Crippen LogP contribution in [-0.2, 0) is 11.3 Å². The Labute approximate surface area is 171 Å². The molecule has 1 saturated heterocycles. The monoisotopic (exact) mass is 385 g/mol. The van der Waals surface area contributed by atoms with Gasteiger partial charge in [0.15, 0.2) is 11.8 Å². The van der Waals surface area contributed by atoms with Crippen molar-refractivity contribution in [1.29, 1.82) is 0 Å². The second-order valence-electron chi connectivity index (χ2n) is 7.50. The minimum atomic E-state index is -0.102. The van der Waals surface area contributed by atoms with Crippen molar-refractivity contribution < 1.29 is 14.5 Å². The molecule has 1 amide bonds. The van der Waals surface area contributed by atoms with Gasteiger partial charge in [0.2, 0.25) is 0 Å². The minimum Gasteiger partial charge on any atom is -0.321 e. The fraction of sp³-hybridized carbons (Fsp3) is 0.200. The first-order valence-electron chi connectivity index (χ1n) is 10.1. The molecule has 2 atom stereocenters. The number of rotatable bonds is 6. The van der Waals surface area contributed by atoms with Gasteiger partial charge in [-0.25, -0.2) is 0 Å². The van der Waals surface area contributed by atoms with Gasteiger partial charge in [0.25, 0.3) is 5.91 Å². The minimum absolute atomic E-state index is 0.0123. The molecule has 1 heterocycles. The SMILES string of the molecule is O=C(c1ccccc1)c1ccccc1NC(=O)[C@H]1CCC[NH+]1Cc1ccccc1. The molecular formula is C25H25N2O2+. The molecule has 0 bridgehead atoms. The first kappa shape index (κ1) is 19.1.